The number of aliphatic carboxylic acids is 1. The average molecular weight is 327 g/mol. The Hall–Kier alpha value is -1.07. The van der Waals surface area contributed by atoms with Crippen LogP contribution in [0.25, 0.3) is 0 Å². The van der Waals surface area contributed by atoms with E-state index < -0.39 is 11.9 Å². The van der Waals surface area contributed by atoms with Gasteiger partial charge in [0, 0.05) is 29.6 Å². The predicted molar refractivity (Wildman–Crippen MR) is 79.6 cm³/mol. The first-order chi connectivity index (χ1) is 8.92. The Morgan fingerprint density at radius 3 is 2.79 bits per heavy atom. The average Bonchev–Trinajstić information content (AvgIpc) is 2.48. The summed E-state index contributed by atoms with van der Waals surface area (Å²) in [4.78, 5) is 13.5. The van der Waals surface area contributed by atoms with Gasteiger partial charge in [-0.15, -0.1) is 0 Å². The van der Waals surface area contributed by atoms with Crippen LogP contribution in [0.5, 0.6) is 0 Å². The molecular weight excluding hydrogens is 308 g/mol. The molecular formula is C14H19BrN2O2. The Balaban J connectivity index is 2.37. The molecule has 1 aliphatic rings. The second kappa shape index (κ2) is 5.51. The van der Waals surface area contributed by atoms with Gasteiger partial charge >= 0.3 is 5.97 Å². The number of halogens is 1. The fourth-order valence-corrected chi connectivity index (χ4v) is 2.94. The molecule has 0 radical (unpaired) electrons. The zero-order valence-electron chi connectivity index (χ0n) is 11.2. The third-order valence-corrected chi connectivity index (χ3v) is 4.25. The Bertz CT molecular complexity index is 476. The Kier molecular flexibility index (Phi) is 4.16. The maximum Gasteiger partial charge on any atom is 0.309 e. The third kappa shape index (κ3) is 3.09. The molecule has 0 aromatic heterocycles. The maximum atomic E-state index is 11.3. The number of benzene rings is 1. The minimum Gasteiger partial charge on any atom is -0.481 e. The molecule has 1 aromatic carbocycles. The smallest absolute Gasteiger partial charge is 0.309 e. The van der Waals surface area contributed by atoms with Crippen molar-refractivity contribution in [2.75, 3.05) is 24.5 Å². The molecule has 0 spiro atoms. The lowest BCUT2D eigenvalue weighted by Crippen LogP contribution is -2.49. The molecule has 4 nitrogen and oxygen atoms in total. The van der Waals surface area contributed by atoms with Crippen LogP contribution in [-0.4, -0.2) is 36.2 Å². The highest BCUT2D eigenvalue weighted by atomic mass is 79.9. The summed E-state index contributed by atoms with van der Waals surface area (Å²) < 4.78 is 0.995. The summed E-state index contributed by atoms with van der Waals surface area (Å²) in [6, 6.07) is 7.95. The molecule has 1 unspecified atom stereocenters. The first-order valence-corrected chi connectivity index (χ1v) is 7.17. The number of nitrogens with zero attached hydrogens (tertiary/aromatic N) is 1. The van der Waals surface area contributed by atoms with Gasteiger partial charge in [-0.25, -0.2) is 0 Å². The molecule has 2 rings (SSSR count). The highest BCUT2D eigenvalue weighted by Gasteiger charge is 2.35. The minimum atomic E-state index is -0.748. The van der Waals surface area contributed by atoms with Gasteiger partial charge in [0.1, 0.15) is 0 Å². The summed E-state index contributed by atoms with van der Waals surface area (Å²) in [6.07, 6.45) is 0. The van der Waals surface area contributed by atoms with Gasteiger partial charge < -0.3 is 15.3 Å². The van der Waals surface area contributed by atoms with Gasteiger partial charge in [-0.3, -0.25) is 4.79 Å². The first kappa shape index (κ1) is 14.3. The number of carboxylic acid groups (broad SMARTS) is 1. The Morgan fingerprint density at radius 2 is 2.16 bits per heavy atom. The number of rotatable bonds is 2. The second-order valence-electron chi connectivity index (χ2n) is 5.54. The molecule has 0 saturated carbocycles. The fraction of sp³-hybridized carbons (Fsp3) is 0.500. The zero-order chi connectivity index (χ0) is 14.0. The van der Waals surface area contributed by atoms with Crippen molar-refractivity contribution in [3.63, 3.8) is 0 Å². The highest BCUT2D eigenvalue weighted by Crippen LogP contribution is 2.32. The van der Waals surface area contributed by atoms with Crippen LogP contribution >= 0.6 is 15.9 Å². The zero-order valence-corrected chi connectivity index (χ0v) is 12.8. The topological polar surface area (TPSA) is 52.6 Å². The molecule has 19 heavy (non-hydrogen) atoms. The Morgan fingerprint density at radius 1 is 1.47 bits per heavy atom. The van der Waals surface area contributed by atoms with Crippen LogP contribution in [0.1, 0.15) is 13.8 Å². The first-order valence-electron chi connectivity index (χ1n) is 6.37. The highest BCUT2D eigenvalue weighted by molar-refractivity contribution is 9.10. The van der Waals surface area contributed by atoms with Gasteiger partial charge in [-0.2, -0.15) is 0 Å². The maximum absolute atomic E-state index is 11.3. The fourth-order valence-electron chi connectivity index (χ4n) is 2.44. The normalized spacial score (nSPS) is 22.9. The van der Waals surface area contributed by atoms with E-state index in [1.807, 2.05) is 24.3 Å². The monoisotopic (exact) mass is 326 g/mol. The van der Waals surface area contributed by atoms with E-state index in [4.69, 9.17) is 0 Å². The molecule has 1 aliphatic heterocycles. The van der Waals surface area contributed by atoms with E-state index in [2.05, 4.69) is 40.0 Å². The lowest BCUT2D eigenvalue weighted by molar-refractivity contribution is -0.141. The summed E-state index contributed by atoms with van der Waals surface area (Å²) in [5.41, 5.74) is 0.913. The molecule has 1 aromatic rings. The molecule has 0 amide bonds. The lowest BCUT2D eigenvalue weighted by Gasteiger charge is -2.40. The van der Waals surface area contributed by atoms with Gasteiger partial charge in [0.2, 0.25) is 0 Å². The van der Waals surface area contributed by atoms with Crippen molar-refractivity contribution < 1.29 is 9.90 Å². The molecule has 5 heteroatoms. The van der Waals surface area contributed by atoms with Crippen LogP contribution in [-0.2, 0) is 4.79 Å². The molecule has 1 atom stereocenters. The lowest BCUT2D eigenvalue weighted by atomic mass is 10.0. The van der Waals surface area contributed by atoms with Gasteiger partial charge in [-0.05, 0) is 41.9 Å². The molecule has 1 fully saturated rings. The van der Waals surface area contributed by atoms with Crippen LogP contribution in [0.15, 0.2) is 28.7 Å². The largest absolute Gasteiger partial charge is 0.481 e. The Labute approximate surface area is 121 Å². The number of para-hydroxylation sites is 1. The molecule has 0 bridgehead atoms. The molecule has 0 aliphatic carbocycles. The number of anilines is 1. The summed E-state index contributed by atoms with van der Waals surface area (Å²) in [5, 5.41) is 12.5. The van der Waals surface area contributed by atoms with E-state index in [1.165, 1.54) is 0 Å². The molecule has 1 heterocycles. The van der Waals surface area contributed by atoms with Crippen molar-refractivity contribution in [2.24, 2.45) is 5.92 Å². The van der Waals surface area contributed by atoms with Crippen molar-refractivity contribution in [2.45, 2.75) is 19.4 Å². The summed E-state index contributed by atoms with van der Waals surface area (Å²) >= 11 is 3.56. The van der Waals surface area contributed by atoms with Gasteiger partial charge in [0.05, 0.1) is 11.6 Å². The van der Waals surface area contributed by atoms with Gasteiger partial charge in [0.15, 0.2) is 0 Å². The van der Waals surface area contributed by atoms with E-state index in [1.54, 1.807) is 0 Å². The van der Waals surface area contributed by atoms with Crippen LogP contribution < -0.4 is 10.2 Å². The van der Waals surface area contributed by atoms with E-state index in [0.29, 0.717) is 13.1 Å². The van der Waals surface area contributed by atoms with E-state index >= 15 is 0 Å². The molecule has 1 saturated heterocycles. The summed E-state index contributed by atoms with van der Waals surface area (Å²) in [5.74, 6) is -1.14. The van der Waals surface area contributed by atoms with Crippen molar-refractivity contribution >= 4 is 27.6 Å². The minimum absolute atomic E-state index is 0.131. The van der Waals surface area contributed by atoms with Crippen molar-refractivity contribution in [3.05, 3.63) is 28.7 Å². The number of hydrogen-bond donors (Lipinski definition) is 2. The van der Waals surface area contributed by atoms with Gasteiger partial charge in [0.25, 0.3) is 0 Å². The molecule has 2 N–H and O–H groups in total. The van der Waals surface area contributed by atoms with Crippen molar-refractivity contribution in [1.29, 1.82) is 0 Å². The number of nitrogens with one attached hydrogen (secondary N) is 1. The van der Waals surface area contributed by atoms with Crippen molar-refractivity contribution in [1.82, 2.24) is 5.32 Å². The number of carboxylic acids is 1. The van der Waals surface area contributed by atoms with Crippen LogP contribution in [0.4, 0.5) is 5.69 Å². The third-order valence-electron chi connectivity index (χ3n) is 3.57. The van der Waals surface area contributed by atoms with E-state index in [-0.39, 0.29) is 5.54 Å². The van der Waals surface area contributed by atoms with E-state index in [9.17, 15) is 9.90 Å². The SMILES string of the molecule is CC1(C)CNCC(C(=O)O)CN1c1ccccc1Br. The quantitative estimate of drug-likeness (QED) is 0.875. The second-order valence-corrected chi connectivity index (χ2v) is 6.39. The summed E-state index contributed by atoms with van der Waals surface area (Å²) in [7, 11) is 0. The predicted octanol–water partition coefficient (Wildman–Crippen LogP) is 2.34. The molecule has 104 valence electrons. The van der Waals surface area contributed by atoms with Gasteiger partial charge in [-0.1, -0.05) is 12.1 Å². The van der Waals surface area contributed by atoms with Crippen LogP contribution in [0.3, 0.4) is 0 Å². The summed E-state index contributed by atoms with van der Waals surface area (Å²) in [6.45, 7) is 6.04. The number of carbonyl (C=O) groups is 1. The number of hydrogen-bond acceptors (Lipinski definition) is 3. The van der Waals surface area contributed by atoms with Crippen molar-refractivity contribution in [3.8, 4) is 0 Å². The standard InChI is InChI=1S/C14H19BrN2O2/c1-14(2)9-16-7-10(13(18)19)8-17(14)12-6-4-3-5-11(12)15/h3-6,10,16H,7-9H2,1-2H3,(H,18,19). The van der Waals surface area contributed by atoms with Crippen LogP contribution in [0.2, 0.25) is 0 Å². The van der Waals surface area contributed by atoms with E-state index in [0.717, 1.165) is 16.7 Å². The van der Waals surface area contributed by atoms with Crippen LogP contribution in [0, 0.1) is 5.92 Å².